The summed E-state index contributed by atoms with van der Waals surface area (Å²) < 4.78 is 0. The smallest absolute Gasteiger partial charge is 0.244 e. The summed E-state index contributed by atoms with van der Waals surface area (Å²) in [6, 6.07) is -2.55. The van der Waals surface area contributed by atoms with Crippen LogP contribution in [0.2, 0.25) is 0 Å². The molecule has 0 bridgehead atoms. The van der Waals surface area contributed by atoms with E-state index in [1.807, 2.05) is 0 Å². The van der Waals surface area contributed by atoms with Crippen LogP contribution in [0, 0.1) is 0 Å². The molecule has 0 aliphatic carbocycles. The van der Waals surface area contributed by atoms with Crippen molar-refractivity contribution in [2.45, 2.75) is 37.3 Å². The van der Waals surface area contributed by atoms with E-state index in [1.165, 1.54) is 6.92 Å². The number of carbonyl (C=O) groups excluding carboxylic acids is 3. The van der Waals surface area contributed by atoms with Crippen molar-refractivity contribution in [1.82, 2.24) is 10.6 Å². The Morgan fingerprint density at radius 2 is 1.76 bits per heavy atom. The monoisotopic (exact) mass is 324 g/mol. The van der Waals surface area contributed by atoms with Crippen molar-refractivity contribution in [3.63, 3.8) is 0 Å². The summed E-state index contributed by atoms with van der Waals surface area (Å²) in [5.74, 6) is -1.32. The van der Waals surface area contributed by atoms with E-state index in [0.29, 0.717) is 0 Å². The lowest BCUT2D eigenvalue weighted by Gasteiger charge is -2.27. The van der Waals surface area contributed by atoms with Gasteiger partial charge in [0.25, 0.3) is 0 Å². The first-order valence-corrected chi connectivity index (χ1v) is 6.70. The van der Waals surface area contributed by atoms with E-state index in [2.05, 4.69) is 23.3 Å². The molecule has 5 atom stereocenters. The van der Waals surface area contributed by atoms with Crippen molar-refractivity contribution in [1.29, 1.82) is 0 Å². The zero-order valence-corrected chi connectivity index (χ0v) is 12.2. The van der Waals surface area contributed by atoms with E-state index in [1.54, 1.807) is 0 Å². The summed E-state index contributed by atoms with van der Waals surface area (Å²) >= 11 is 3.87. The predicted octanol–water partition coefficient (Wildman–Crippen LogP) is -3.82. The molecule has 10 heteroatoms. The van der Waals surface area contributed by atoms with Crippen molar-refractivity contribution in [3.05, 3.63) is 0 Å². The fourth-order valence-electron chi connectivity index (χ4n) is 1.45. The molecule has 0 unspecified atom stereocenters. The predicted molar refractivity (Wildman–Crippen MR) is 74.6 cm³/mol. The number of aldehydes is 1. The number of hydrogen-bond donors (Lipinski definition) is 7. The first kappa shape index (κ1) is 19.8. The Bertz CT molecular complexity index is 368. The van der Waals surface area contributed by atoms with Gasteiger partial charge in [-0.25, -0.2) is 0 Å². The average Bonchev–Trinajstić information content (AvgIpc) is 2.47. The van der Waals surface area contributed by atoms with Gasteiger partial charge in [-0.2, -0.15) is 12.6 Å². The second-order valence-electron chi connectivity index (χ2n) is 4.34. The van der Waals surface area contributed by atoms with Gasteiger partial charge in [0, 0.05) is 12.7 Å². The van der Waals surface area contributed by atoms with Crippen LogP contribution in [-0.2, 0) is 14.4 Å². The van der Waals surface area contributed by atoms with Crippen molar-refractivity contribution in [3.8, 4) is 0 Å². The van der Waals surface area contributed by atoms with Gasteiger partial charge in [-0.1, -0.05) is 0 Å². The summed E-state index contributed by atoms with van der Waals surface area (Å²) in [6.45, 7) is 0.361. The third-order valence-electron chi connectivity index (χ3n) is 2.63. The molecule has 9 nitrogen and oxygen atoms in total. The maximum atomic E-state index is 11.8. The molecule has 0 spiro atoms. The number of aliphatic hydroxyl groups excluding tert-OH is 4. The fourth-order valence-corrected chi connectivity index (χ4v) is 1.71. The molecular weight excluding hydrogens is 304 g/mol. The summed E-state index contributed by atoms with van der Waals surface area (Å²) in [6.07, 6.45) is -5.17. The molecule has 122 valence electrons. The SMILES string of the molecule is CC(=O)N[C@@H](CS)C(=O)N[C@@H](C=O)[C@@H](O)[C@H](O)[C@H](O)CO. The Morgan fingerprint density at radius 3 is 2.14 bits per heavy atom. The van der Waals surface area contributed by atoms with Crippen LogP contribution < -0.4 is 10.6 Å². The van der Waals surface area contributed by atoms with Gasteiger partial charge < -0.3 is 35.9 Å². The number of amides is 2. The topological polar surface area (TPSA) is 156 Å². The molecule has 0 rings (SSSR count). The van der Waals surface area contributed by atoms with Gasteiger partial charge in [-0.15, -0.1) is 0 Å². The molecule has 0 heterocycles. The van der Waals surface area contributed by atoms with Crippen LogP contribution in [0.4, 0.5) is 0 Å². The number of nitrogens with one attached hydrogen (secondary N) is 2. The fraction of sp³-hybridized carbons (Fsp3) is 0.727. The van der Waals surface area contributed by atoms with Gasteiger partial charge >= 0.3 is 0 Å². The van der Waals surface area contributed by atoms with E-state index in [4.69, 9.17) is 5.11 Å². The van der Waals surface area contributed by atoms with Gasteiger partial charge in [0.05, 0.1) is 6.61 Å². The third kappa shape index (κ3) is 6.40. The number of hydrogen-bond acceptors (Lipinski definition) is 8. The molecule has 0 aromatic heterocycles. The second-order valence-corrected chi connectivity index (χ2v) is 4.70. The molecule has 0 radical (unpaired) electrons. The molecule has 2 amide bonds. The standard InChI is InChI=1S/C11H20N2O7S/c1-5(16)12-7(4-21)11(20)13-6(2-14)9(18)10(19)8(17)3-15/h2,6-10,15,17-19,21H,3-4H2,1H3,(H,12,16)(H,13,20)/t6-,7-,8+,9+,10+/m0/s1. The van der Waals surface area contributed by atoms with Crippen molar-refractivity contribution >= 4 is 30.7 Å². The Kier molecular flexibility index (Phi) is 9.13. The highest BCUT2D eigenvalue weighted by molar-refractivity contribution is 7.80. The molecule has 0 aliphatic rings. The number of carbonyl (C=O) groups is 3. The number of thiol groups is 1. The first-order valence-electron chi connectivity index (χ1n) is 6.07. The molecule has 0 saturated carbocycles. The van der Waals surface area contributed by atoms with E-state index < -0.39 is 48.8 Å². The van der Waals surface area contributed by atoms with Crippen LogP contribution in [-0.4, -0.2) is 81.3 Å². The first-order chi connectivity index (χ1) is 9.78. The molecule has 0 fully saturated rings. The van der Waals surface area contributed by atoms with Crippen molar-refractivity contribution in [2.24, 2.45) is 0 Å². The van der Waals surface area contributed by atoms with Gasteiger partial charge in [-0.05, 0) is 0 Å². The van der Waals surface area contributed by atoms with E-state index in [9.17, 15) is 29.7 Å². The quantitative estimate of drug-likeness (QED) is 0.169. The minimum absolute atomic E-state index is 0.0467. The highest BCUT2D eigenvalue weighted by Gasteiger charge is 2.33. The molecule has 0 saturated heterocycles. The molecular formula is C11H20N2O7S. The Balaban J connectivity index is 4.78. The van der Waals surface area contributed by atoms with Crippen molar-refractivity contribution < 1.29 is 34.8 Å². The minimum Gasteiger partial charge on any atom is -0.394 e. The van der Waals surface area contributed by atoms with Crippen LogP contribution in [0.3, 0.4) is 0 Å². The minimum atomic E-state index is -1.83. The second kappa shape index (κ2) is 9.68. The van der Waals surface area contributed by atoms with Gasteiger partial charge in [0.1, 0.15) is 36.7 Å². The van der Waals surface area contributed by atoms with Crippen LogP contribution in [0.25, 0.3) is 0 Å². The largest absolute Gasteiger partial charge is 0.394 e. The Morgan fingerprint density at radius 1 is 1.19 bits per heavy atom. The molecule has 21 heavy (non-hydrogen) atoms. The van der Waals surface area contributed by atoms with Crippen LogP contribution in [0.5, 0.6) is 0 Å². The maximum absolute atomic E-state index is 11.8. The van der Waals surface area contributed by atoms with Crippen LogP contribution in [0.1, 0.15) is 6.92 Å². The third-order valence-corrected chi connectivity index (χ3v) is 3.00. The highest BCUT2D eigenvalue weighted by atomic mass is 32.1. The summed E-state index contributed by atoms with van der Waals surface area (Å²) in [5.41, 5.74) is 0. The van der Waals surface area contributed by atoms with Crippen LogP contribution >= 0.6 is 12.6 Å². The average molecular weight is 324 g/mol. The number of rotatable bonds is 9. The normalized spacial score (nSPS) is 18.0. The van der Waals surface area contributed by atoms with Gasteiger partial charge in [0.2, 0.25) is 11.8 Å². The van der Waals surface area contributed by atoms with Crippen LogP contribution in [0.15, 0.2) is 0 Å². The highest BCUT2D eigenvalue weighted by Crippen LogP contribution is 2.04. The number of aliphatic hydroxyl groups is 4. The maximum Gasteiger partial charge on any atom is 0.244 e. The lowest BCUT2D eigenvalue weighted by molar-refractivity contribution is -0.133. The lowest BCUT2D eigenvalue weighted by Crippen LogP contribution is -2.57. The van der Waals surface area contributed by atoms with E-state index in [-0.39, 0.29) is 12.0 Å². The molecule has 0 aromatic carbocycles. The summed E-state index contributed by atoms with van der Waals surface area (Å²) in [5, 5.41) is 41.4. The molecule has 0 aliphatic heterocycles. The zero-order valence-electron chi connectivity index (χ0n) is 11.3. The zero-order chi connectivity index (χ0) is 16.6. The Labute approximate surface area is 126 Å². The van der Waals surface area contributed by atoms with E-state index >= 15 is 0 Å². The summed E-state index contributed by atoms with van der Waals surface area (Å²) in [7, 11) is 0. The van der Waals surface area contributed by atoms with E-state index in [0.717, 1.165) is 0 Å². The molecule has 0 aromatic rings. The van der Waals surface area contributed by atoms with Gasteiger partial charge in [0.15, 0.2) is 0 Å². The lowest BCUT2D eigenvalue weighted by atomic mass is 10.0. The summed E-state index contributed by atoms with van der Waals surface area (Å²) in [4.78, 5) is 33.6. The Hall–Kier alpha value is -1.20. The molecule has 6 N–H and O–H groups in total. The van der Waals surface area contributed by atoms with Gasteiger partial charge in [-0.3, -0.25) is 9.59 Å². The van der Waals surface area contributed by atoms with Crippen molar-refractivity contribution in [2.75, 3.05) is 12.4 Å².